The molecule has 0 bridgehead atoms. The van der Waals surface area contributed by atoms with Gasteiger partial charge in [-0.1, -0.05) is 60.7 Å². The molecular formula is C28H31N3O3. The molecule has 0 radical (unpaired) electrons. The van der Waals surface area contributed by atoms with E-state index >= 15 is 0 Å². The van der Waals surface area contributed by atoms with Gasteiger partial charge in [-0.2, -0.15) is 0 Å². The lowest BCUT2D eigenvalue weighted by Crippen LogP contribution is -2.41. The lowest BCUT2D eigenvalue weighted by molar-refractivity contribution is -0.139. The molecule has 1 amide bonds. The molecule has 5 rings (SSSR count). The van der Waals surface area contributed by atoms with Gasteiger partial charge in [-0.05, 0) is 36.8 Å². The summed E-state index contributed by atoms with van der Waals surface area (Å²) >= 11 is 0. The van der Waals surface area contributed by atoms with Crippen molar-refractivity contribution in [1.82, 2.24) is 15.3 Å². The zero-order valence-corrected chi connectivity index (χ0v) is 19.2. The summed E-state index contributed by atoms with van der Waals surface area (Å²) in [6.07, 6.45) is 8.07. The van der Waals surface area contributed by atoms with Crippen LogP contribution >= 0.6 is 0 Å². The molecule has 6 nitrogen and oxygen atoms in total. The highest BCUT2D eigenvalue weighted by molar-refractivity contribution is 5.93. The Hall–Kier alpha value is -3.09. The molecule has 1 aromatic heterocycles. The molecule has 176 valence electrons. The van der Waals surface area contributed by atoms with Gasteiger partial charge in [0.15, 0.2) is 0 Å². The number of carbonyl (C=O) groups is 1. The summed E-state index contributed by atoms with van der Waals surface area (Å²) < 4.78 is 6.59. The zero-order chi connectivity index (χ0) is 23.4. The minimum absolute atomic E-state index is 0.00207. The molecule has 1 aliphatic heterocycles. The second-order valence-electron chi connectivity index (χ2n) is 9.57. The van der Waals surface area contributed by atoms with Crippen molar-refractivity contribution in [3.8, 4) is 0 Å². The molecule has 6 heteroatoms. The summed E-state index contributed by atoms with van der Waals surface area (Å²) in [5.41, 5.74) is 2.57. The molecule has 2 N–H and O–H groups in total. The standard InChI is InChI=1S/C28H31N3O3/c32-24-15-26(20-7-3-1-4-8-20)34-25-12-14-28(13-11-23(24)25,22-9-5-2-6-10-22)18-31-27(33)21-16-29-19-30-17-21/h1-10,16-17,19,23-26,32H,11-15,18H2,(H,31,33)/t23-,24+,25+,26+,28+/m1/s1. The Labute approximate surface area is 200 Å². The van der Waals surface area contributed by atoms with Gasteiger partial charge in [0.1, 0.15) is 6.33 Å². The molecule has 1 saturated heterocycles. The first-order chi connectivity index (χ1) is 16.6. The van der Waals surface area contributed by atoms with E-state index in [0.717, 1.165) is 31.2 Å². The van der Waals surface area contributed by atoms with Gasteiger partial charge in [-0.15, -0.1) is 0 Å². The van der Waals surface area contributed by atoms with Crippen molar-refractivity contribution in [2.45, 2.75) is 55.8 Å². The molecule has 2 aliphatic rings. The van der Waals surface area contributed by atoms with Crippen molar-refractivity contribution in [2.75, 3.05) is 6.54 Å². The summed E-state index contributed by atoms with van der Waals surface area (Å²) in [7, 11) is 0. The maximum Gasteiger partial charge on any atom is 0.254 e. The molecule has 34 heavy (non-hydrogen) atoms. The van der Waals surface area contributed by atoms with E-state index in [2.05, 4.69) is 51.7 Å². The molecular weight excluding hydrogens is 426 g/mol. The second kappa shape index (κ2) is 10.0. The first-order valence-electron chi connectivity index (χ1n) is 12.1. The number of nitrogens with one attached hydrogen (secondary N) is 1. The Morgan fingerprint density at radius 1 is 1.00 bits per heavy atom. The Bertz CT molecular complexity index is 1080. The largest absolute Gasteiger partial charge is 0.393 e. The smallest absolute Gasteiger partial charge is 0.254 e. The molecule has 3 aromatic rings. The van der Waals surface area contributed by atoms with Gasteiger partial charge < -0.3 is 15.2 Å². The van der Waals surface area contributed by atoms with Crippen molar-refractivity contribution >= 4 is 5.91 Å². The van der Waals surface area contributed by atoms with E-state index in [1.807, 2.05) is 24.3 Å². The number of hydrogen-bond donors (Lipinski definition) is 2. The summed E-state index contributed by atoms with van der Waals surface area (Å²) in [5, 5.41) is 14.2. The SMILES string of the molecule is O=C(NC[C@]1(c2ccccc2)CC[C@H]2[C@H](CC1)O[C@H](c1ccccc1)C[C@@H]2O)c1cncnc1. The highest BCUT2D eigenvalue weighted by atomic mass is 16.5. The number of hydrogen-bond acceptors (Lipinski definition) is 5. The van der Waals surface area contributed by atoms with Gasteiger partial charge in [0.05, 0.1) is 23.9 Å². The third-order valence-electron chi connectivity index (χ3n) is 7.60. The number of benzene rings is 2. The minimum atomic E-state index is -0.397. The van der Waals surface area contributed by atoms with Crippen LogP contribution in [0.4, 0.5) is 0 Å². The molecule has 2 heterocycles. The van der Waals surface area contributed by atoms with Crippen LogP contribution in [0.25, 0.3) is 0 Å². The van der Waals surface area contributed by atoms with Crippen LogP contribution in [0.2, 0.25) is 0 Å². The van der Waals surface area contributed by atoms with Crippen LogP contribution in [0.15, 0.2) is 79.4 Å². The van der Waals surface area contributed by atoms with E-state index in [0.29, 0.717) is 18.5 Å². The van der Waals surface area contributed by atoms with E-state index in [9.17, 15) is 9.90 Å². The van der Waals surface area contributed by atoms with Gasteiger partial charge in [-0.3, -0.25) is 4.79 Å². The van der Waals surface area contributed by atoms with Crippen LogP contribution in [0.1, 0.15) is 59.7 Å². The molecule has 1 saturated carbocycles. The first kappa shape index (κ1) is 22.7. The number of nitrogens with zero attached hydrogens (tertiary/aromatic N) is 2. The number of aromatic nitrogens is 2. The predicted octanol–water partition coefficient (Wildman–Crippen LogP) is 4.23. The number of aliphatic hydroxyl groups excluding tert-OH is 1. The van der Waals surface area contributed by atoms with Crippen molar-refractivity contribution in [3.63, 3.8) is 0 Å². The highest BCUT2D eigenvalue weighted by Gasteiger charge is 2.44. The number of rotatable bonds is 5. The summed E-state index contributed by atoms with van der Waals surface area (Å²) in [6.45, 7) is 0.516. The van der Waals surface area contributed by atoms with E-state index in [4.69, 9.17) is 4.74 Å². The fourth-order valence-electron chi connectivity index (χ4n) is 5.67. The number of amides is 1. The lowest BCUT2D eigenvalue weighted by Gasteiger charge is -2.39. The number of ether oxygens (including phenoxy) is 1. The predicted molar refractivity (Wildman–Crippen MR) is 129 cm³/mol. The molecule has 2 fully saturated rings. The molecule has 2 aromatic carbocycles. The van der Waals surface area contributed by atoms with E-state index < -0.39 is 6.10 Å². The van der Waals surface area contributed by atoms with E-state index in [1.165, 1.54) is 24.3 Å². The molecule has 0 unspecified atom stereocenters. The van der Waals surface area contributed by atoms with Crippen LogP contribution in [0.5, 0.6) is 0 Å². The van der Waals surface area contributed by atoms with Crippen molar-refractivity contribution in [3.05, 3.63) is 96.1 Å². The summed E-state index contributed by atoms with van der Waals surface area (Å²) in [6, 6.07) is 20.6. The van der Waals surface area contributed by atoms with E-state index in [-0.39, 0.29) is 29.4 Å². The molecule has 5 atom stereocenters. The van der Waals surface area contributed by atoms with Crippen LogP contribution in [0, 0.1) is 5.92 Å². The van der Waals surface area contributed by atoms with Crippen LogP contribution in [-0.4, -0.2) is 39.7 Å². The van der Waals surface area contributed by atoms with Gasteiger partial charge >= 0.3 is 0 Å². The highest BCUT2D eigenvalue weighted by Crippen LogP contribution is 2.46. The summed E-state index contributed by atoms with van der Waals surface area (Å²) in [4.78, 5) is 20.7. The summed E-state index contributed by atoms with van der Waals surface area (Å²) in [5.74, 6) is -0.0678. The van der Waals surface area contributed by atoms with Crippen LogP contribution in [-0.2, 0) is 10.2 Å². The average Bonchev–Trinajstić information content (AvgIpc) is 3.10. The van der Waals surface area contributed by atoms with Crippen LogP contribution < -0.4 is 5.32 Å². The van der Waals surface area contributed by atoms with Gasteiger partial charge in [-0.25, -0.2) is 9.97 Å². The fraction of sp³-hybridized carbons (Fsp3) is 0.393. The van der Waals surface area contributed by atoms with Crippen LogP contribution in [0.3, 0.4) is 0 Å². The minimum Gasteiger partial charge on any atom is -0.393 e. The van der Waals surface area contributed by atoms with Gasteiger partial charge in [0, 0.05) is 36.7 Å². The zero-order valence-electron chi connectivity index (χ0n) is 19.2. The Morgan fingerprint density at radius 3 is 2.41 bits per heavy atom. The first-order valence-corrected chi connectivity index (χ1v) is 12.1. The Balaban J connectivity index is 1.37. The lowest BCUT2D eigenvalue weighted by atomic mass is 9.73. The number of aliphatic hydroxyl groups is 1. The third-order valence-corrected chi connectivity index (χ3v) is 7.60. The topological polar surface area (TPSA) is 84.3 Å². The average molecular weight is 458 g/mol. The monoisotopic (exact) mass is 457 g/mol. The molecule has 1 aliphatic carbocycles. The molecule has 0 spiro atoms. The van der Waals surface area contributed by atoms with Crippen molar-refractivity contribution < 1.29 is 14.6 Å². The Kier molecular flexibility index (Phi) is 6.70. The number of fused-ring (bicyclic) bond motifs is 1. The maximum atomic E-state index is 12.8. The Morgan fingerprint density at radius 2 is 1.68 bits per heavy atom. The normalized spacial score (nSPS) is 29.0. The van der Waals surface area contributed by atoms with Gasteiger partial charge in [0.2, 0.25) is 0 Å². The fourth-order valence-corrected chi connectivity index (χ4v) is 5.67. The van der Waals surface area contributed by atoms with Crippen molar-refractivity contribution in [1.29, 1.82) is 0 Å². The van der Waals surface area contributed by atoms with Gasteiger partial charge in [0.25, 0.3) is 5.91 Å². The second-order valence-corrected chi connectivity index (χ2v) is 9.57. The third kappa shape index (κ3) is 4.74. The number of carbonyl (C=O) groups excluding carboxylic acids is 1. The quantitative estimate of drug-likeness (QED) is 0.599. The van der Waals surface area contributed by atoms with Crippen molar-refractivity contribution in [2.24, 2.45) is 5.92 Å². The maximum absolute atomic E-state index is 12.8. The van der Waals surface area contributed by atoms with E-state index in [1.54, 1.807) is 0 Å².